The molecular weight excluding hydrogens is 503 g/mol. The number of likely N-dealkylation sites (tertiary alicyclic amines) is 1. The molecular formula is C22H22Cl2N4O5S. The normalized spacial score (nSPS) is 20.6. The number of nitrogens with two attached hydrogens (primary N) is 1. The van der Waals surface area contributed by atoms with Crippen LogP contribution in [0.5, 0.6) is 0 Å². The van der Waals surface area contributed by atoms with Crippen LogP contribution in [0.3, 0.4) is 0 Å². The van der Waals surface area contributed by atoms with Crippen LogP contribution in [-0.2, 0) is 24.4 Å². The van der Waals surface area contributed by atoms with Crippen LogP contribution >= 0.6 is 23.2 Å². The number of nitrogens with zero attached hydrogens (tertiary/aromatic N) is 2. The zero-order valence-corrected chi connectivity index (χ0v) is 20.2. The van der Waals surface area contributed by atoms with Crippen molar-refractivity contribution in [2.45, 2.75) is 30.2 Å². The van der Waals surface area contributed by atoms with Crippen LogP contribution in [0, 0.1) is 5.92 Å². The van der Waals surface area contributed by atoms with E-state index < -0.39 is 22.0 Å². The molecule has 2 atom stereocenters. The predicted octanol–water partition coefficient (Wildman–Crippen LogP) is 2.62. The van der Waals surface area contributed by atoms with E-state index in [0.717, 1.165) is 0 Å². The Labute approximate surface area is 206 Å². The Morgan fingerprint density at radius 1 is 1.12 bits per heavy atom. The fraction of sp³-hybridized carbons (Fsp3) is 0.318. The molecule has 3 N–H and O–H groups in total. The molecule has 2 aliphatic rings. The third-order valence-corrected chi connectivity index (χ3v) is 7.42. The van der Waals surface area contributed by atoms with Gasteiger partial charge in [0.25, 0.3) is 0 Å². The number of hydrogen-bond donors (Lipinski definition) is 2. The third-order valence-electron chi connectivity index (χ3n) is 5.96. The van der Waals surface area contributed by atoms with E-state index in [1.165, 1.54) is 34.1 Å². The van der Waals surface area contributed by atoms with Crippen LogP contribution in [0.2, 0.25) is 10.0 Å². The number of benzene rings is 2. The highest BCUT2D eigenvalue weighted by Gasteiger charge is 2.42. The van der Waals surface area contributed by atoms with E-state index in [9.17, 15) is 22.8 Å². The number of carbonyl (C=O) groups excluding carboxylic acids is 3. The first-order valence-corrected chi connectivity index (χ1v) is 12.8. The third kappa shape index (κ3) is 5.05. The lowest BCUT2D eigenvalue weighted by Crippen LogP contribution is -2.46. The van der Waals surface area contributed by atoms with Gasteiger partial charge in [-0.2, -0.15) is 0 Å². The highest BCUT2D eigenvalue weighted by molar-refractivity contribution is 7.89. The Bertz CT molecular complexity index is 1270. The molecule has 2 fully saturated rings. The Hall–Kier alpha value is -2.66. The number of nitrogens with one attached hydrogen (secondary N) is 1. The predicted molar refractivity (Wildman–Crippen MR) is 128 cm³/mol. The second-order valence-electron chi connectivity index (χ2n) is 8.25. The summed E-state index contributed by atoms with van der Waals surface area (Å²) in [5, 5.41) is 8.66. The largest absolute Gasteiger partial charge is 0.330 e. The molecule has 9 nitrogen and oxygen atoms in total. The van der Waals surface area contributed by atoms with Gasteiger partial charge in [0.2, 0.25) is 27.7 Å². The number of amides is 3. The lowest BCUT2D eigenvalue weighted by molar-refractivity contribution is -0.140. The van der Waals surface area contributed by atoms with Gasteiger partial charge in [-0.1, -0.05) is 29.3 Å². The van der Waals surface area contributed by atoms with E-state index in [1.807, 2.05) is 0 Å². The van der Waals surface area contributed by atoms with Crippen molar-refractivity contribution >= 4 is 62.3 Å². The smallest absolute Gasteiger partial charge is 0.247 e. The molecule has 0 radical (unpaired) electrons. The van der Waals surface area contributed by atoms with E-state index in [1.54, 1.807) is 18.2 Å². The second-order valence-corrected chi connectivity index (χ2v) is 10.7. The van der Waals surface area contributed by atoms with Crippen LogP contribution in [0.4, 0.5) is 11.4 Å². The first kappa shape index (κ1) is 24.5. The van der Waals surface area contributed by atoms with Crippen molar-refractivity contribution in [3.05, 3.63) is 52.5 Å². The number of primary sulfonamides is 1. The summed E-state index contributed by atoms with van der Waals surface area (Å²) in [7, 11) is -3.94. The molecule has 0 bridgehead atoms. The highest BCUT2D eigenvalue weighted by atomic mass is 35.5. The van der Waals surface area contributed by atoms with E-state index in [0.29, 0.717) is 35.8 Å². The molecule has 0 aliphatic carbocycles. The van der Waals surface area contributed by atoms with Crippen LogP contribution < -0.4 is 15.4 Å². The van der Waals surface area contributed by atoms with Gasteiger partial charge in [0.05, 0.1) is 21.5 Å². The molecule has 2 aromatic rings. The van der Waals surface area contributed by atoms with Crippen LogP contribution in [0.15, 0.2) is 47.4 Å². The van der Waals surface area contributed by atoms with Gasteiger partial charge in [-0.3, -0.25) is 14.4 Å². The number of sulfonamides is 1. The van der Waals surface area contributed by atoms with Gasteiger partial charge in [-0.15, -0.1) is 0 Å². The average molecular weight is 525 g/mol. The van der Waals surface area contributed by atoms with Crippen LogP contribution in [-0.4, -0.2) is 50.2 Å². The van der Waals surface area contributed by atoms with Crippen LogP contribution in [0.1, 0.15) is 19.3 Å². The van der Waals surface area contributed by atoms with Crippen molar-refractivity contribution in [2.24, 2.45) is 11.1 Å². The molecule has 2 saturated heterocycles. The summed E-state index contributed by atoms with van der Waals surface area (Å²) in [6.07, 6.45) is 1.11. The molecule has 0 aromatic heterocycles. The molecule has 2 unspecified atom stereocenters. The summed E-state index contributed by atoms with van der Waals surface area (Å²) in [5.74, 6) is -1.62. The van der Waals surface area contributed by atoms with Crippen molar-refractivity contribution in [1.29, 1.82) is 0 Å². The quantitative estimate of drug-likeness (QED) is 0.620. The zero-order valence-electron chi connectivity index (χ0n) is 17.9. The summed E-state index contributed by atoms with van der Waals surface area (Å²) < 4.78 is 23.3. The minimum absolute atomic E-state index is 0.0354. The molecule has 2 heterocycles. The van der Waals surface area contributed by atoms with Crippen molar-refractivity contribution in [3.8, 4) is 0 Å². The summed E-state index contributed by atoms with van der Waals surface area (Å²) in [6.45, 7) is 0.483. The van der Waals surface area contributed by atoms with Gasteiger partial charge < -0.3 is 15.1 Å². The molecule has 2 aliphatic heterocycles. The molecule has 3 amide bonds. The zero-order chi connectivity index (χ0) is 24.6. The van der Waals surface area contributed by atoms with E-state index >= 15 is 0 Å². The monoisotopic (exact) mass is 524 g/mol. The number of anilines is 2. The number of carbonyl (C=O) groups is 3. The average Bonchev–Trinajstić information content (AvgIpc) is 3.42. The fourth-order valence-corrected chi connectivity index (χ4v) is 5.30. The highest BCUT2D eigenvalue weighted by Crippen LogP contribution is 2.31. The molecule has 4 rings (SSSR count). The first-order chi connectivity index (χ1) is 16.0. The summed E-state index contributed by atoms with van der Waals surface area (Å²) in [6, 6.07) is 9.73. The van der Waals surface area contributed by atoms with Crippen molar-refractivity contribution < 1.29 is 22.8 Å². The number of halogens is 2. The van der Waals surface area contributed by atoms with E-state index in [4.69, 9.17) is 28.3 Å². The maximum Gasteiger partial charge on any atom is 0.247 e. The Morgan fingerprint density at radius 2 is 1.88 bits per heavy atom. The van der Waals surface area contributed by atoms with Crippen molar-refractivity contribution in [2.75, 3.05) is 23.3 Å². The maximum absolute atomic E-state index is 13.3. The van der Waals surface area contributed by atoms with Crippen molar-refractivity contribution in [3.63, 3.8) is 0 Å². The molecule has 180 valence electrons. The lowest BCUT2D eigenvalue weighted by Gasteiger charge is -2.26. The molecule has 0 spiro atoms. The van der Waals surface area contributed by atoms with Gasteiger partial charge in [0.1, 0.15) is 6.04 Å². The maximum atomic E-state index is 13.3. The standard InChI is InChI=1S/C22H22Cl2N4O5S/c23-14-6-7-18(17(24)10-14)26-21(30)19-5-2-8-27(19)22(31)13-9-20(29)28(12-13)15-3-1-4-16(11-15)34(25,32)33/h1,3-4,6-7,10-11,13,19H,2,5,8-9,12H2,(H,26,30)(H2,25,32,33). The van der Waals surface area contributed by atoms with Gasteiger partial charge in [-0.25, -0.2) is 13.6 Å². The summed E-state index contributed by atoms with van der Waals surface area (Å²) in [4.78, 5) is 41.6. The Balaban J connectivity index is 1.47. The Morgan fingerprint density at radius 3 is 2.59 bits per heavy atom. The van der Waals surface area contributed by atoms with Gasteiger partial charge >= 0.3 is 0 Å². The SMILES string of the molecule is NS(=O)(=O)c1cccc(N2CC(C(=O)N3CCCC3C(=O)Nc3ccc(Cl)cc3Cl)CC2=O)c1. The molecule has 0 saturated carbocycles. The number of rotatable bonds is 5. The minimum atomic E-state index is -3.94. The molecule has 34 heavy (non-hydrogen) atoms. The van der Waals surface area contributed by atoms with Gasteiger partial charge in [0.15, 0.2) is 0 Å². The Kier molecular flexibility index (Phi) is 6.86. The topological polar surface area (TPSA) is 130 Å². The fourth-order valence-electron chi connectivity index (χ4n) is 4.30. The molecule has 2 aromatic carbocycles. The van der Waals surface area contributed by atoms with E-state index in [2.05, 4.69) is 5.32 Å². The minimum Gasteiger partial charge on any atom is -0.330 e. The first-order valence-electron chi connectivity index (χ1n) is 10.5. The number of hydrogen-bond acceptors (Lipinski definition) is 5. The van der Waals surface area contributed by atoms with E-state index in [-0.39, 0.29) is 40.6 Å². The van der Waals surface area contributed by atoms with Crippen molar-refractivity contribution in [1.82, 2.24) is 4.90 Å². The summed E-state index contributed by atoms with van der Waals surface area (Å²) >= 11 is 12.0. The second kappa shape index (κ2) is 9.53. The van der Waals surface area contributed by atoms with Crippen LogP contribution in [0.25, 0.3) is 0 Å². The van der Waals surface area contributed by atoms with Gasteiger partial charge in [-0.05, 0) is 49.2 Å². The summed E-state index contributed by atoms with van der Waals surface area (Å²) in [5.41, 5.74) is 0.743. The molecule has 12 heteroatoms. The lowest BCUT2D eigenvalue weighted by atomic mass is 10.1. The van der Waals surface area contributed by atoms with Gasteiger partial charge in [0, 0.05) is 30.2 Å².